The molecule has 2 aromatic heterocycles. The van der Waals surface area contributed by atoms with Gasteiger partial charge in [-0.05, 0) is 37.1 Å². The zero-order chi connectivity index (χ0) is 17.8. The molecule has 134 valence electrons. The average Bonchev–Trinajstić information content (AvgIpc) is 3.19. The molecule has 2 heterocycles. The van der Waals surface area contributed by atoms with E-state index in [0.717, 1.165) is 30.0 Å². The van der Waals surface area contributed by atoms with Gasteiger partial charge in [-0.25, -0.2) is 14.6 Å². The number of aromatic nitrogens is 5. The number of nitrogens with two attached hydrogens (primary N) is 1. The second kappa shape index (κ2) is 7.49. The lowest BCUT2D eigenvalue weighted by molar-refractivity contribution is 0.402. The molecule has 0 amide bonds. The topological polar surface area (TPSA) is 107 Å². The van der Waals surface area contributed by atoms with Crippen LogP contribution < -0.4 is 16.4 Å². The van der Waals surface area contributed by atoms with Crippen LogP contribution in [-0.2, 0) is 0 Å². The lowest BCUT2D eigenvalue weighted by Crippen LogP contribution is -2.42. The van der Waals surface area contributed by atoms with Crippen molar-refractivity contribution in [1.82, 2.24) is 24.7 Å². The van der Waals surface area contributed by atoms with E-state index < -0.39 is 0 Å². The quantitative estimate of drug-likeness (QED) is 0.649. The zero-order valence-corrected chi connectivity index (χ0v) is 14.4. The maximum Gasteiger partial charge on any atom is 0.224 e. The molecule has 0 bridgehead atoms. The average molecular weight is 350 g/mol. The molecule has 2 atom stereocenters. The van der Waals surface area contributed by atoms with Crippen LogP contribution in [0.15, 0.2) is 49.2 Å². The van der Waals surface area contributed by atoms with Gasteiger partial charge in [-0.2, -0.15) is 10.1 Å². The summed E-state index contributed by atoms with van der Waals surface area (Å²) in [6.45, 7) is 0. The molecule has 8 nitrogen and oxygen atoms in total. The monoisotopic (exact) mass is 350 g/mol. The molecule has 0 saturated heterocycles. The fourth-order valence-corrected chi connectivity index (χ4v) is 3.22. The molecule has 26 heavy (non-hydrogen) atoms. The first-order chi connectivity index (χ1) is 12.8. The van der Waals surface area contributed by atoms with E-state index in [9.17, 15) is 0 Å². The maximum absolute atomic E-state index is 6.20. The highest BCUT2D eigenvalue weighted by Crippen LogP contribution is 2.21. The number of nitrogens with one attached hydrogen (secondary N) is 2. The fourth-order valence-electron chi connectivity index (χ4n) is 3.22. The van der Waals surface area contributed by atoms with E-state index in [4.69, 9.17) is 5.73 Å². The van der Waals surface area contributed by atoms with Gasteiger partial charge in [0.2, 0.25) is 5.95 Å². The molecule has 1 aromatic carbocycles. The largest absolute Gasteiger partial charge is 0.350 e. The van der Waals surface area contributed by atoms with Crippen LogP contribution in [0.25, 0.3) is 5.69 Å². The first-order valence-corrected chi connectivity index (χ1v) is 8.85. The Morgan fingerprint density at radius 3 is 2.92 bits per heavy atom. The third kappa shape index (κ3) is 3.80. The van der Waals surface area contributed by atoms with Gasteiger partial charge < -0.3 is 16.4 Å². The van der Waals surface area contributed by atoms with Crippen molar-refractivity contribution in [3.8, 4) is 5.69 Å². The minimum absolute atomic E-state index is 0.156. The summed E-state index contributed by atoms with van der Waals surface area (Å²) in [5, 5.41) is 10.8. The van der Waals surface area contributed by atoms with E-state index in [2.05, 4.69) is 30.7 Å². The number of hydrogen-bond acceptors (Lipinski definition) is 7. The highest BCUT2D eigenvalue weighted by atomic mass is 15.3. The van der Waals surface area contributed by atoms with Crippen molar-refractivity contribution < 1.29 is 0 Å². The van der Waals surface area contributed by atoms with Crippen LogP contribution in [0.2, 0.25) is 0 Å². The SMILES string of the molecule is N[C@H]1CCCC[C@H]1Nc1nccc(Nc2cccc(-n3cncn3)c2)n1. The predicted octanol–water partition coefficient (Wildman–Crippen LogP) is 2.48. The lowest BCUT2D eigenvalue weighted by atomic mass is 9.91. The summed E-state index contributed by atoms with van der Waals surface area (Å²) in [7, 11) is 0. The molecule has 4 rings (SSSR count). The van der Waals surface area contributed by atoms with E-state index in [-0.39, 0.29) is 12.1 Å². The van der Waals surface area contributed by atoms with Crippen LogP contribution in [0.1, 0.15) is 25.7 Å². The smallest absolute Gasteiger partial charge is 0.224 e. The van der Waals surface area contributed by atoms with Gasteiger partial charge in [-0.15, -0.1) is 0 Å². The Morgan fingerprint density at radius 2 is 2.08 bits per heavy atom. The van der Waals surface area contributed by atoms with E-state index in [1.165, 1.54) is 19.2 Å². The van der Waals surface area contributed by atoms with Crippen molar-refractivity contribution in [3.05, 3.63) is 49.2 Å². The normalized spacial score (nSPS) is 19.9. The Balaban J connectivity index is 1.48. The van der Waals surface area contributed by atoms with E-state index in [1.807, 2.05) is 30.3 Å². The van der Waals surface area contributed by atoms with Crippen molar-refractivity contribution in [2.75, 3.05) is 10.6 Å². The Hall–Kier alpha value is -3.00. The summed E-state index contributed by atoms with van der Waals surface area (Å²) in [6, 6.07) is 10.1. The number of benzene rings is 1. The van der Waals surface area contributed by atoms with Gasteiger partial charge in [0.15, 0.2) is 0 Å². The van der Waals surface area contributed by atoms with Crippen LogP contribution >= 0.6 is 0 Å². The van der Waals surface area contributed by atoms with Crippen molar-refractivity contribution in [3.63, 3.8) is 0 Å². The lowest BCUT2D eigenvalue weighted by Gasteiger charge is -2.29. The van der Waals surface area contributed by atoms with Gasteiger partial charge in [-0.1, -0.05) is 18.9 Å². The molecule has 4 N–H and O–H groups in total. The van der Waals surface area contributed by atoms with Crippen LogP contribution in [0.5, 0.6) is 0 Å². The summed E-state index contributed by atoms with van der Waals surface area (Å²) >= 11 is 0. The third-order valence-electron chi connectivity index (χ3n) is 4.59. The molecular weight excluding hydrogens is 328 g/mol. The molecule has 1 saturated carbocycles. The van der Waals surface area contributed by atoms with Crippen molar-refractivity contribution in [2.24, 2.45) is 5.73 Å². The second-order valence-electron chi connectivity index (χ2n) is 6.48. The molecule has 0 aliphatic heterocycles. The number of anilines is 3. The van der Waals surface area contributed by atoms with E-state index in [1.54, 1.807) is 17.2 Å². The van der Waals surface area contributed by atoms with Crippen molar-refractivity contribution in [1.29, 1.82) is 0 Å². The molecule has 1 aliphatic carbocycles. The molecule has 0 unspecified atom stereocenters. The van der Waals surface area contributed by atoms with Gasteiger partial charge in [0.25, 0.3) is 0 Å². The van der Waals surface area contributed by atoms with Gasteiger partial charge in [-0.3, -0.25) is 0 Å². The minimum atomic E-state index is 0.156. The van der Waals surface area contributed by atoms with E-state index in [0.29, 0.717) is 5.95 Å². The van der Waals surface area contributed by atoms with Gasteiger partial charge in [0, 0.05) is 24.0 Å². The number of hydrogen-bond donors (Lipinski definition) is 3. The molecular formula is C18H22N8. The molecule has 0 radical (unpaired) electrons. The molecule has 8 heteroatoms. The van der Waals surface area contributed by atoms with Gasteiger partial charge in [0.05, 0.1) is 5.69 Å². The Morgan fingerprint density at radius 1 is 1.15 bits per heavy atom. The highest BCUT2D eigenvalue weighted by Gasteiger charge is 2.22. The fraction of sp³-hybridized carbons (Fsp3) is 0.333. The Kier molecular flexibility index (Phi) is 4.74. The summed E-state index contributed by atoms with van der Waals surface area (Å²) in [5.74, 6) is 1.33. The third-order valence-corrected chi connectivity index (χ3v) is 4.59. The summed E-state index contributed by atoms with van der Waals surface area (Å²) in [6.07, 6.45) is 9.42. The maximum atomic E-state index is 6.20. The van der Waals surface area contributed by atoms with Crippen LogP contribution in [0.4, 0.5) is 17.5 Å². The van der Waals surface area contributed by atoms with Crippen LogP contribution in [0, 0.1) is 0 Å². The first kappa shape index (κ1) is 16.5. The van der Waals surface area contributed by atoms with Crippen LogP contribution in [-0.4, -0.2) is 36.8 Å². The number of rotatable bonds is 5. The summed E-state index contributed by atoms with van der Waals surface area (Å²) in [5.41, 5.74) is 8.04. The van der Waals surface area contributed by atoms with E-state index >= 15 is 0 Å². The molecule has 3 aromatic rings. The first-order valence-electron chi connectivity index (χ1n) is 8.85. The molecule has 1 aliphatic rings. The van der Waals surface area contributed by atoms with Crippen molar-refractivity contribution >= 4 is 17.5 Å². The van der Waals surface area contributed by atoms with Gasteiger partial charge in [0.1, 0.15) is 18.5 Å². The zero-order valence-electron chi connectivity index (χ0n) is 14.4. The van der Waals surface area contributed by atoms with Gasteiger partial charge >= 0.3 is 0 Å². The van der Waals surface area contributed by atoms with Crippen LogP contribution in [0.3, 0.4) is 0 Å². The summed E-state index contributed by atoms with van der Waals surface area (Å²) < 4.78 is 1.71. The molecule has 1 fully saturated rings. The second-order valence-corrected chi connectivity index (χ2v) is 6.48. The molecule has 0 spiro atoms. The minimum Gasteiger partial charge on any atom is -0.350 e. The standard InChI is InChI=1S/C18H22N8/c19-15-6-1-2-7-16(15)24-18-21-9-8-17(25-18)23-13-4-3-5-14(10-13)26-12-20-11-22-26/h3-5,8-12,15-16H,1-2,6-7,19H2,(H2,21,23,24,25)/t15-,16+/m0/s1. The Labute approximate surface area is 151 Å². The number of nitrogens with zero attached hydrogens (tertiary/aromatic N) is 5. The highest BCUT2D eigenvalue weighted by molar-refractivity contribution is 5.60. The van der Waals surface area contributed by atoms with Crippen molar-refractivity contribution in [2.45, 2.75) is 37.8 Å². The Bertz CT molecular complexity index is 848. The predicted molar refractivity (Wildman–Crippen MR) is 101 cm³/mol. The summed E-state index contributed by atoms with van der Waals surface area (Å²) in [4.78, 5) is 12.9.